The van der Waals surface area contributed by atoms with Crippen LogP contribution < -0.4 is 4.74 Å². The summed E-state index contributed by atoms with van der Waals surface area (Å²) in [7, 11) is 1.66. The number of rotatable bonds is 9. The summed E-state index contributed by atoms with van der Waals surface area (Å²) in [5, 5.41) is 10.6. The number of hydrogen-bond acceptors (Lipinski definition) is 4. The van der Waals surface area contributed by atoms with E-state index in [0.29, 0.717) is 0 Å². The summed E-state index contributed by atoms with van der Waals surface area (Å²) in [6.45, 7) is 6.01. The summed E-state index contributed by atoms with van der Waals surface area (Å²) >= 11 is 1.67. The van der Waals surface area contributed by atoms with Crippen molar-refractivity contribution in [1.29, 1.82) is 0 Å². The van der Waals surface area contributed by atoms with Crippen molar-refractivity contribution in [3.63, 3.8) is 0 Å². The van der Waals surface area contributed by atoms with Gasteiger partial charge in [-0.25, -0.2) is 4.98 Å². The molecule has 0 unspecified atom stereocenters. The Labute approximate surface area is 142 Å². The Bertz CT molecular complexity index is 635. The first-order valence-electron chi connectivity index (χ1n) is 7.82. The molecule has 124 valence electrons. The maximum Gasteiger partial charge on any atom is 0.118 e. The van der Waals surface area contributed by atoms with Crippen LogP contribution in [-0.4, -0.2) is 21.8 Å². The molecule has 0 fully saturated rings. The van der Waals surface area contributed by atoms with E-state index in [9.17, 15) is 5.11 Å². The molecule has 23 heavy (non-hydrogen) atoms. The standard InChI is InChI=1S/C18H24N2O2S/c1-4-6-7-17-19-16(12-21)18(20(17)5-2)23-13-14-8-10-15(22-3)11-9-14/h5,8-11,21H,2,4,6-7,12-13H2,1,3H3. The highest BCUT2D eigenvalue weighted by molar-refractivity contribution is 7.98. The Hall–Kier alpha value is -1.72. The third kappa shape index (κ3) is 4.39. The topological polar surface area (TPSA) is 47.3 Å². The van der Waals surface area contributed by atoms with Gasteiger partial charge in [-0.15, -0.1) is 11.8 Å². The van der Waals surface area contributed by atoms with Gasteiger partial charge >= 0.3 is 0 Å². The first-order chi connectivity index (χ1) is 11.2. The van der Waals surface area contributed by atoms with Crippen molar-refractivity contribution in [2.75, 3.05) is 7.11 Å². The number of hydrogen-bond donors (Lipinski definition) is 1. The van der Waals surface area contributed by atoms with Gasteiger partial charge in [0, 0.05) is 18.4 Å². The second kappa shape index (κ2) is 8.79. The van der Waals surface area contributed by atoms with Crippen molar-refractivity contribution in [3.05, 3.63) is 47.9 Å². The Balaban J connectivity index is 2.16. The largest absolute Gasteiger partial charge is 0.497 e. The van der Waals surface area contributed by atoms with Gasteiger partial charge in [-0.1, -0.05) is 32.1 Å². The summed E-state index contributed by atoms with van der Waals surface area (Å²) in [5.74, 6) is 2.64. The highest BCUT2D eigenvalue weighted by Crippen LogP contribution is 2.29. The van der Waals surface area contributed by atoms with Crippen LogP contribution in [0.1, 0.15) is 36.8 Å². The third-order valence-corrected chi connectivity index (χ3v) is 4.81. The van der Waals surface area contributed by atoms with E-state index >= 15 is 0 Å². The number of methoxy groups -OCH3 is 1. The van der Waals surface area contributed by atoms with Gasteiger partial charge < -0.3 is 9.84 Å². The SMILES string of the molecule is C=Cn1c(CCCC)nc(CO)c1SCc1ccc(OC)cc1. The molecule has 1 heterocycles. The van der Waals surface area contributed by atoms with Gasteiger partial charge in [0.05, 0.1) is 19.4 Å². The molecule has 2 rings (SSSR count). The number of thioether (sulfide) groups is 1. The molecule has 2 aromatic rings. The monoisotopic (exact) mass is 332 g/mol. The van der Waals surface area contributed by atoms with Crippen LogP contribution in [0.4, 0.5) is 0 Å². The zero-order valence-corrected chi connectivity index (χ0v) is 14.6. The molecule has 0 bridgehead atoms. The molecule has 1 aromatic heterocycles. The number of aromatic nitrogens is 2. The van der Waals surface area contributed by atoms with E-state index in [4.69, 9.17) is 4.74 Å². The molecule has 0 spiro atoms. The van der Waals surface area contributed by atoms with Crippen LogP contribution in [0.2, 0.25) is 0 Å². The number of aliphatic hydroxyl groups excluding tert-OH is 1. The molecular formula is C18H24N2O2S. The first kappa shape index (κ1) is 17.6. The summed E-state index contributed by atoms with van der Waals surface area (Å²) < 4.78 is 7.19. The molecule has 0 aliphatic heterocycles. The summed E-state index contributed by atoms with van der Waals surface area (Å²) in [6.07, 6.45) is 4.89. The normalized spacial score (nSPS) is 10.7. The van der Waals surface area contributed by atoms with Crippen molar-refractivity contribution in [2.24, 2.45) is 0 Å². The Kier molecular flexibility index (Phi) is 6.74. The molecule has 0 saturated carbocycles. The fraction of sp³-hybridized carbons (Fsp3) is 0.389. The summed E-state index contributed by atoms with van der Waals surface area (Å²) in [5.41, 5.74) is 1.93. The average molecular weight is 332 g/mol. The molecule has 1 aromatic carbocycles. The van der Waals surface area contributed by atoms with Crippen LogP contribution in [0.3, 0.4) is 0 Å². The predicted molar refractivity (Wildman–Crippen MR) is 95.7 cm³/mol. The van der Waals surface area contributed by atoms with Gasteiger partial charge in [0.1, 0.15) is 16.6 Å². The van der Waals surface area contributed by atoms with E-state index in [-0.39, 0.29) is 6.61 Å². The summed E-state index contributed by atoms with van der Waals surface area (Å²) in [6, 6.07) is 8.02. The zero-order valence-electron chi connectivity index (χ0n) is 13.8. The molecule has 0 amide bonds. The smallest absolute Gasteiger partial charge is 0.118 e. The Morgan fingerprint density at radius 1 is 1.35 bits per heavy atom. The number of nitrogens with zero attached hydrogens (tertiary/aromatic N) is 2. The lowest BCUT2D eigenvalue weighted by molar-refractivity contribution is 0.274. The van der Waals surface area contributed by atoms with Crippen molar-refractivity contribution in [1.82, 2.24) is 9.55 Å². The minimum atomic E-state index is -0.0507. The molecule has 4 nitrogen and oxygen atoms in total. The molecule has 0 aliphatic carbocycles. The van der Waals surface area contributed by atoms with Crippen molar-refractivity contribution in [3.8, 4) is 5.75 Å². The van der Waals surface area contributed by atoms with Crippen LogP contribution in [0.5, 0.6) is 5.75 Å². The maximum absolute atomic E-state index is 9.60. The molecule has 1 N–H and O–H groups in total. The maximum atomic E-state index is 9.60. The Morgan fingerprint density at radius 3 is 2.65 bits per heavy atom. The van der Waals surface area contributed by atoms with E-state index < -0.39 is 0 Å². The van der Waals surface area contributed by atoms with E-state index in [1.807, 2.05) is 16.7 Å². The van der Waals surface area contributed by atoms with Crippen molar-refractivity contribution in [2.45, 2.75) is 43.6 Å². The molecule has 0 atom stereocenters. The van der Waals surface area contributed by atoms with Crippen LogP contribution in [0.25, 0.3) is 6.20 Å². The average Bonchev–Trinajstić information content (AvgIpc) is 2.95. The number of aliphatic hydroxyl groups is 1. The number of benzene rings is 1. The fourth-order valence-electron chi connectivity index (χ4n) is 2.34. The molecular weight excluding hydrogens is 308 g/mol. The van der Waals surface area contributed by atoms with Gasteiger partial charge in [0.15, 0.2) is 0 Å². The van der Waals surface area contributed by atoms with E-state index in [1.54, 1.807) is 25.1 Å². The fourth-order valence-corrected chi connectivity index (χ4v) is 3.43. The van der Waals surface area contributed by atoms with Gasteiger partial charge in [0.2, 0.25) is 0 Å². The lowest BCUT2D eigenvalue weighted by Crippen LogP contribution is -1.98. The molecule has 0 saturated heterocycles. The van der Waals surface area contributed by atoms with Gasteiger partial charge in [0.25, 0.3) is 0 Å². The van der Waals surface area contributed by atoms with Crippen molar-refractivity contribution >= 4 is 18.0 Å². The lowest BCUT2D eigenvalue weighted by atomic mass is 10.2. The van der Waals surface area contributed by atoms with E-state index in [1.165, 1.54) is 5.56 Å². The van der Waals surface area contributed by atoms with E-state index in [0.717, 1.165) is 47.3 Å². The van der Waals surface area contributed by atoms with Crippen LogP contribution >= 0.6 is 11.8 Å². The highest BCUT2D eigenvalue weighted by Gasteiger charge is 2.15. The minimum absolute atomic E-state index is 0.0507. The Morgan fingerprint density at radius 2 is 2.09 bits per heavy atom. The first-order valence-corrected chi connectivity index (χ1v) is 8.81. The van der Waals surface area contributed by atoms with Gasteiger partial charge in [-0.05, 0) is 24.1 Å². The van der Waals surface area contributed by atoms with Crippen LogP contribution in [0.15, 0.2) is 35.9 Å². The molecule has 5 heteroatoms. The van der Waals surface area contributed by atoms with Gasteiger partial charge in [-0.3, -0.25) is 4.57 Å². The third-order valence-electron chi connectivity index (χ3n) is 3.63. The zero-order chi connectivity index (χ0) is 16.7. The number of unbranched alkanes of at least 4 members (excludes halogenated alkanes) is 1. The predicted octanol–water partition coefficient (Wildman–Crippen LogP) is 4.12. The van der Waals surface area contributed by atoms with Crippen molar-refractivity contribution < 1.29 is 9.84 Å². The number of aryl methyl sites for hydroxylation is 1. The van der Waals surface area contributed by atoms with E-state index in [2.05, 4.69) is 30.6 Å². The molecule has 0 aliphatic rings. The quantitative estimate of drug-likeness (QED) is 0.702. The highest BCUT2D eigenvalue weighted by atomic mass is 32.2. The minimum Gasteiger partial charge on any atom is -0.497 e. The molecule has 0 radical (unpaired) electrons. The number of imidazole rings is 1. The van der Waals surface area contributed by atoms with Crippen LogP contribution in [-0.2, 0) is 18.8 Å². The second-order valence-electron chi connectivity index (χ2n) is 5.23. The number of ether oxygens (including phenoxy) is 1. The van der Waals surface area contributed by atoms with Crippen LogP contribution in [0, 0.1) is 0 Å². The second-order valence-corrected chi connectivity index (χ2v) is 6.19. The summed E-state index contributed by atoms with van der Waals surface area (Å²) in [4.78, 5) is 4.58. The van der Waals surface area contributed by atoms with Gasteiger partial charge in [-0.2, -0.15) is 0 Å². The lowest BCUT2D eigenvalue weighted by Gasteiger charge is -2.08.